The van der Waals surface area contributed by atoms with Crippen LogP contribution in [0.1, 0.15) is 44.9 Å². The number of halogens is 1. The molecular weight excluding hydrogens is 506 g/mol. The number of aliphatic hydroxyl groups excluding tert-OH is 1. The van der Waals surface area contributed by atoms with Crippen molar-refractivity contribution in [2.24, 2.45) is 0 Å². The van der Waals surface area contributed by atoms with E-state index in [1.54, 1.807) is 66.7 Å². The van der Waals surface area contributed by atoms with E-state index in [4.69, 9.17) is 25.8 Å². The number of rotatable bonds is 9. The molecule has 8 heteroatoms. The number of carbonyl (C=O) groups excluding carboxylic acids is 2. The molecule has 198 valence electrons. The Labute approximate surface area is 227 Å². The number of aliphatic hydroxyl groups is 1. The van der Waals surface area contributed by atoms with Crippen molar-refractivity contribution in [3.8, 4) is 17.2 Å². The monoisotopic (exact) mass is 535 g/mol. The van der Waals surface area contributed by atoms with Crippen LogP contribution in [0.4, 0.5) is 5.69 Å². The highest BCUT2D eigenvalue weighted by atomic mass is 35.5. The maximum atomic E-state index is 13.5. The zero-order valence-electron chi connectivity index (χ0n) is 21.7. The van der Waals surface area contributed by atoms with Gasteiger partial charge in [0.05, 0.1) is 36.0 Å². The standard InChI is InChI=1S/C30H30ClNO6/c1-5-36-21-12-10-20(11-13-21)32-27(19-8-7-9-23(16-19)38-18(3)4)26(29(34)30(32)35)28(33)24-17-22(37-6-2)14-15-25(24)31/h7-18,27,33H,5-6H2,1-4H3/b28-26+. The lowest BCUT2D eigenvalue weighted by atomic mass is 9.94. The van der Waals surface area contributed by atoms with E-state index in [1.165, 1.54) is 4.90 Å². The number of anilines is 1. The van der Waals surface area contributed by atoms with Crippen molar-refractivity contribution in [1.29, 1.82) is 0 Å². The molecule has 7 nitrogen and oxygen atoms in total. The molecule has 0 aromatic heterocycles. The summed E-state index contributed by atoms with van der Waals surface area (Å²) in [4.78, 5) is 28.3. The van der Waals surface area contributed by atoms with Gasteiger partial charge in [-0.3, -0.25) is 14.5 Å². The minimum Gasteiger partial charge on any atom is -0.507 e. The molecule has 1 N–H and O–H groups in total. The topological polar surface area (TPSA) is 85.3 Å². The summed E-state index contributed by atoms with van der Waals surface area (Å²) in [5.41, 5.74) is 1.18. The number of ketones is 1. The summed E-state index contributed by atoms with van der Waals surface area (Å²) in [6.07, 6.45) is -0.0807. The van der Waals surface area contributed by atoms with E-state index in [1.807, 2.05) is 27.7 Å². The van der Waals surface area contributed by atoms with Gasteiger partial charge in [-0.2, -0.15) is 0 Å². The summed E-state index contributed by atoms with van der Waals surface area (Å²) in [5, 5.41) is 11.7. The van der Waals surface area contributed by atoms with Crippen LogP contribution >= 0.6 is 11.6 Å². The lowest BCUT2D eigenvalue weighted by molar-refractivity contribution is -0.132. The summed E-state index contributed by atoms with van der Waals surface area (Å²) in [6.45, 7) is 8.44. The van der Waals surface area contributed by atoms with Crippen molar-refractivity contribution in [2.45, 2.75) is 39.8 Å². The third kappa shape index (κ3) is 5.48. The van der Waals surface area contributed by atoms with Gasteiger partial charge in [-0.25, -0.2) is 0 Å². The number of benzene rings is 3. The molecule has 1 heterocycles. The number of Topliss-reactive ketones (excluding diaryl/α,β-unsaturated/α-hetero) is 1. The van der Waals surface area contributed by atoms with Crippen molar-refractivity contribution < 1.29 is 28.9 Å². The molecular formula is C30H30ClNO6. The fraction of sp³-hybridized carbons (Fsp3) is 0.267. The molecule has 1 aliphatic rings. The Balaban J connectivity index is 1.92. The van der Waals surface area contributed by atoms with Gasteiger partial charge in [0.2, 0.25) is 0 Å². The average Bonchev–Trinajstić information content (AvgIpc) is 3.15. The molecule has 0 bridgehead atoms. The summed E-state index contributed by atoms with van der Waals surface area (Å²) >= 11 is 6.44. The molecule has 0 saturated carbocycles. The van der Waals surface area contributed by atoms with E-state index in [9.17, 15) is 14.7 Å². The second-order valence-corrected chi connectivity index (χ2v) is 9.32. The maximum absolute atomic E-state index is 13.5. The third-order valence-electron chi connectivity index (χ3n) is 5.92. The van der Waals surface area contributed by atoms with Crippen molar-refractivity contribution in [1.82, 2.24) is 0 Å². The molecule has 1 atom stereocenters. The average molecular weight is 536 g/mol. The SMILES string of the molecule is CCOc1ccc(N2C(=O)C(=O)/C(=C(/O)c3cc(OCC)ccc3Cl)C2c2cccc(OC(C)C)c2)cc1. The van der Waals surface area contributed by atoms with Crippen LogP contribution in [0, 0.1) is 0 Å². The molecule has 3 aromatic rings. The zero-order chi connectivity index (χ0) is 27.4. The quantitative estimate of drug-likeness (QED) is 0.190. The summed E-state index contributed by atoms with van der Waals surface area (Å²) in [6, 6.07) is 17.9. The highest BCUT2D eigenvalue weighted by Crippen LogP contribution is 2.44. The van der Waals surface area contributed by atoms with E-state index in [0.29, 0.717) is 41.7 Å². The Hall–Kier alpha value is -3.97. The van der Waals surface area contributed by atoms with Gasteiger partial charge in [0.25, 0.3) is 11.7 Å². The molecule has 1 amide bonds. The highest BCUT2D eigenvalue weighted by molar-refractivity contribution is 6.52. The third-order valence-corrected chi connectivity index (χ3v) is 6.25. The molecule has 1 unspecified atom stereocenters. The predicted octanol–water partition coefficient (Wildman–Crippen LogP) is 6.55. The van der Waals surface area contributed by atoms with Crippen LogP contribution in [-0.2, 0) is 9.59 Å². The summed E-state index contributed by atoms with van der Waals surface area (Å²) < 4.78 is 17.0. The van der Waals surface area contributed by atoms with Gasteiger partial charge in [0, 0.05) is 11.3 Å². The molecule has 0 aliphatic carbocycles. The first-order valence-corrected chi connectivity index (χ1v) is 12.9. The number of nitrogens with zero attached hydrogens (tertiary/aromatic N) is 1. The maximum Gasteiger partial charge on any atom is 0.300 e. The van der Waals surface area contributed by atoms with Crippen molar-refractivity contribution in [3.05, 3.63) is 88.5 Å². The van der Waals surface area contributed by atoms with Crippen LogP contribution in [0.2, 0.25) is 5.02 Å². The van der Waals surface area contributed by atoms with Gasteiger partial charge in [-0.15, -0.1) is 0 Å². The number of carbonyl (C=O) groups is 2. The Morgan fingerprint density at radius 3 is 2.24 bits per heavy atom. The van der Waals surface area contributed by atoms with Gasteiger partial charge < -0.3 is 19.3 Å². The van der Waals surface area contributed by atoms with E-state index < -0.39 is 17.7 Å². The highest BCUT2D eigenvalue weighted by Gasteiger charge is 2.47. The van der Waals surface area contributed by atoms with Crippen molar-refractivity contribution in [3.63, 3.8) is 0 Å². The minimum atomic E-state index is -0.935. The molecule has 38 heavy (non-hydrogen) atoms. The second-order valence-electron chi connectivity index (χ2n) is 8.91. The number of ether oxygens (including phenoxy) is 3. The smallest absolute Gasteiger partial charge is 0.300 e. The van der Waals surface area contributed by atoms with E-state index in [2.05, 4.69) is 0 Å². The second kappa shape index (κ2) is 11.6. The minimum absolute atomic E-state index is 0.0807. The van der Waals surface area contributed by atoms with Gasteiger partial charge in [-0.1, -0.05) is 23.7 Å². The normalized spacial score (nSPS) is 16.7. The lowest BCUT2D eigenvalue weighted by Crippen LogP contribution is -2.29. The number of amides is 1. The fourth-order valence-corrected chi connectivity index (χ4v) is 4.61. The van der Waals surface area contributed by atoms with Crippen LogP contribution < -0.4 is 19.1 Å². The van der Waals surface area contributed by atoms with Crippen LogP contribution in [-0.4, -0.2) is 36.1 Å². The Kier molecular flexibility index (Phi) is 8.27. The van der Waals surface area contributed by atoms with Crippen LogP contribution in [0.25, 0.3) is 5.76 Å². The largest absolute Gasteiger partial charge is 0.507 e. The number of hydrogen-bond donors (Lipinski definition) is 1. The molecule has 0 spiro atoms. The molecule has 0 radical (unpaired) electrons. The Morgan fingerprint density at radius 2 is 1.58 bits per heavy atom. The van der Waals surface area contributed by atoms with Crippen molar-refractivity contribution >= 4 is 34.7 Å². The summed E-state index contributed by atoms with van der Waals surface area (Å²) in [5.74, 6) is -0.295. The predicted molar refractivity (Wildman–Crippen MR) is 147 cm³/mol. The van der Waals surface area contributed by atoms with Gasteiger partial charge >= 0.3 is 0 Å². The first-order chi connectivity index (χ1) is 18.2. The lowest BCUT2D eigenvalue weighted by Gasteiger charge is -2.26. The Morgan fingerprint density at radius 1 is 0.921 bits per heavy atom. The molecule has 3 aromatic carbocycles. The number of hydrogen-bond acceptors (Lipinski definition) is 6. The van der Waals surface area contributed by atoms with E-state index >= 15 is 0 Å². The van der Waals surface area contributed by atoms with E-state index in [0.717, 1.165) is 0 Å². The molecule has 1 saturated heterocycles. The van der Waals surface area contributed by atoms with Gasteiger partial charge in [-0.05, 0) is 87.9 Å². The van der Waals surface area contributed by atoms with Crippen LogP contribution in [0.15, 0.2) is 72.3 Å². The zero-order valence-corrected chi connectivity index (χ0v) is 22.5. The van der Waals surface area contributed by atoms with E-state index in [-0.39, 0.29) is 28.0 Å². The molecule has 1 aliphatic heterocycles. The van der Waals surface area contributed by atoms with Gasteiger partial charge in [0.1, 0.15) is 23.0 Å². The molecule has 4 rings (SSSR count). The first-order valence-electron chi connectivity index (χ1n) is 12.5. The first kappa shape index (κ1) is 27.1. The van der Waals surface area contributed by atoms with Crippen LogP contribution in [0.3, 0.4) is 0 Å². The van der Waals surface area contributed by atoms with Gasteiger partial charge in [0.15, 0.2) is 0 Å². The van der Waals surface area contributed by atoms with Crippen molar-refractivity contribution in [2.75, 3.05) is 18.1 Å². The molecule has 1 fully saturated rings. The summed E-state index contributed by atoms with van der Waals surface area (Å²) in [7, 11) is 0. The fourth-order valence-electron chi connectivity index (χ4n) is 4.40. The van der Waals surface area contributed by atoms with Crippen LogP contribution in [0.5, 0.6) is 17.2 Å². The Bertz CT molecular complexity index is 1370.